The van der Waals surface area contributed by atoms with Crippen molar-refractivity contribution in [2.24, 2.45) is 0 Å². The third kappa shape index (κ3) is 3.96. The number of para-hydroxylation sites is 1. The van der Waals surface area contributed by atoms with Gasteiger partial charge < -0.3 is 10.2 Å². The van der Waals surface area contributed by atoms with Gasteiger partial charge in [-0.2, -0.15) is 13.2 Å². The average molecular weight is 300 g/mol. The summed E-state index contributed by atoms with van der Waals surface area (Å²) in [5.74, 6) is -1.07. The summed E-state index contributed by atoms with van der Waals surface area (Å²) in [4.78, 5) is 24.2. The minimum absolute atomic E-state index is 0.0872. The van der Waals surface area contributed by atoms with E-state index in [-0.39, 0.29) is 11.7 Å². The third-order valence-corrected chi connectivity index (χ3v) is 3.12. The lowest BCUT2D eigenvalue weighted by molar-refractivity contribution is -0.137. The van der Waals surface area contributed by atoms with Crippen LogP contribution in [0.4, 0.5) is 18.9 Å². The second kappa shape index (κ2) is 5.75. The van der Waals surface area contributed by atoms with Crippen LogP contribution in [0.3, 0.4) is 0 Å². The van der Waals surface area contributed by atoms with Gasteiger partial charge in [0, 0.05) is 13.0 Å². The lowest BCUT2D eigenvalue weighted by Crippen LogP contribution is -2.41. The number of hydrogen-bond acceptors (Lipinski definition) is 2. The van der Waals surface area contributed by atoms with Gasteiger partial charge in [-0.3, -0.25) is 9.59 Å². The first-order valence-corrected chi connectivity index (χ1v) is 6.52. The summed E-state index contributed by atoms with van der Waals surface area (Å²) in [6.45, 7) is 0.719. The molecule has 0 unspecified atom stereocenters. The lowest BCUT2D eigenvalue weighted by Gasteiger charge is -2.24. The molecule has 0 bridgehead atoms. The normalized spacial score (nSPS) is 14.7. The van der Waals surface area contributed by atoms with Gasteiger partial charge in [0.15, 0.2) is 0 Å². The number of hydrogen-bond donors (Lipinski definition) is 1. The van der Waals surface area contributed by atoms with Gasteiger partial charge in [-0.15, -0.1) is 0 Å². The van der Waals surface area contributed by atoms with E-state index < -0.39 is 30.1 Å². The number of benzene rings is 1. The average Bonchev–Trinajstić information content (AvgIpc) is 3.18. The number of rotatable bonds is 4. The zero-order valence-electron chi connectivity index (χ0n) is 11.4. The van der Waals surface area contributed by atoms with Gasteiger partial charge in [-0.1, -0.05) is 12.1 Å². The molecule has 0 heterocycles. The highest BCUT2D eigenvalue weighted by atomic mass is 19.4. The first-order chi connectivity index (χ1) is 9.79. The van der Waals surface area contributed by atoms with Crippen LogP contribution in [0, 0.1) is 0 Å². The Morgan fingerprint density at radius 2 is 1.90 bits per heavy atom. The fraction of sp³-hybridized carbons (Fsp3) is 0.429. The first kappa shape index (κ1) is 15.3. The number of carbonyl (C=O) groups excluding carboxylic acids is 2. The molecule has 2 rings (SSSR count). The molecule has 0 aromatic heterocycles. The summed E-state index contributed by atoms with van der Waals surface area (Å²) < 4.78 is 39.0. The van der Waals surface area contributed by atoms with E-state index >= 15 is 0 Å². The van der Waals surface area contributed by atoms with Crippen LogP contribution in [0.5, 0.6) is 0 Å². The van der Waals surface area contributed by atoms with Gasteiger partial charge in [-0.25, -0.2) is 0 Å². The molecule has 1 N–H and O–H groups in total. The SMILES string of the molecule is CC(=O)N(CC(=O)NC1CC1)c1ccccc1C(F)(F)F. The van der Waals surface area contributed by atoms with Crippen molar-refractivity contribution in [3.63, 3.8) is 0 Å². The number of amides is 2. The topological polar surface area (TPSA) is 49.4 Å². The predicted octanol–water partition coefficient (Wildman–Crippen LogP) is 2.34. The van der Waals surface area contributed by atoms with Crippen LogP contribution < -0.4 is 10.2 Å². The van der Waals surface area contributed by atoms with Crippen LogP contribution in [-0.4, -0.2) is 24.4 Å². The largest absolute Gasteiger partial charge is 0.418 e. The monoisotopic (exact) mass is 300 g/mol. The van der Waals surface area contributed by atoms with E-state index in [1.807, 2.05) is 0 Å². The molecule has 2 amide bonds. The third-order valence-electron chi connectivity index (χ3n) is 3.12. The van der Waals surface area contributed by atoms with Crippen LogP contribution in [0.25, 0.3) is 0 Å². The Morgan fingerprint density at radius 1 is 1.29 bits per heavy atom. The molecule has 1 aromatic carbocycles. The molecule has 0 aliphatic heterocycles. The fourth-order valence-corrected chi connectivity index (χ4v) is 1.96. The van der Waals surface area contributed by atoms with Crippen molar-refractivity contribution in [2.45, 2.75) is 32.0 Å². The predicted molar refractivity (Wildman–Crippen MR) is 70.6 cm³/mol. The van der Waals surface area contributed by atoms with Gasteiger partial charge in [-0.05, 0) is 25.0 Å². The highest BCUT2D eigenvalue weighted by Gasteiger charge is 2.36. The van der Waals surface area contributed by atoms with E-state index in [0.29, 0.717) is 0 Å². The molecule has 21 heavy (non-hydrogen) atoms. The Hall–Kier alpha value is -2.05. The highest BCUT2D eigenvalue weighted by Crippen LogP contribution is 2.36. The van der Waals surface area contributed by atoms with E-state index in [2.05, 4.69) is 5.32 Å². The molecule has 7 heteroatoms. The lowest BCUT2D eigenvalue weighted by atomic mass is 10.1. The summed E-state index contributed by atoms with van der Waals surface area (Å²) in [5.41, 5.74) is -1.23. The Balaban J connectivity index is 2.25. The number of nitrogens with one attached hydrogen (secondary N) is 1. The summed E-state index contributed by atoms with van der Waals surface area (Å²) in [6.07, 6.45) is -2.85. The zero-order valence-corrected chi connectivity index (χ0v) is 11.4. The van der Waals surface area contributed by atoms with Crippen molar-refractivity contribution in [1.82, 2.24) is 5.32 Å². The summed E-state index contributed by atoms with van der Waals surface area (Å²) in [5, 5.41) is 2.65. The smallest absolute Gasteiger partial charge is 0.352 e. The first-order valence-electron chi connectivity index (χ1n) is 6.52. The van der Waals surface area contributed by atoms with E-state index in [4.69, 9.17) is 0 Å². The van der Waals surface area contributed by atoms with Crippen molar-refractivity contribution < 1.29 is 22.8 Å². The van der Waals surface area contributed by atoms with Gasteiger partial charge >= 0.3 is 6.18 Å². The minimum atomic E-state index is -4.59. The molecule has 1 aliphatic rings. The standard InChI is InChI=1S/C14H15F3N2O2/c1-9(20)19(8-13(21)18-10-6-7-10)12-5-3-2-4-11(12)14(15,16)17/h2-5,10H,6-8H2,1H3,(H,18,21). The van der Waals surface area contributed by atoms with Crippen molar-refractivity contribution in [3.05, 3.63) is 29.8 Å². The Labute approximate surface area is 119 Å². The van der Waals surface area contributed by atoms with Crippen molar-refractivity contribution in [2.75, 3.05) is 11.4 Å². The van der Waals surface area contributed by atoms with Crippen molar-refractivity contribution in [3.8, 4) is 0 Å². The molecule has 114 valence electrons. The van der Waals surface area contributed by atoms with E-state index in [9.17, 15) is 22.8 Å². The molecule has 0 saturated heterocycles. The summed E-state index contributed by atoms with van der Waals surface area (Å²) >= 11 is 0. The van der Waals surface area contributed by atoms with Gasteiger partial charge in [0.1, 0.15) is 6.54 Å². The minimum Gasteiger partial charge on any atom is -0.352 e. The van der Waals surface area contributed by atoms with Crippen molar-refractivity contribution in [1.29, 1.82) is 0 Å². The molecule has 0 radical (unpaired) electrons. The molecule has 1 saturated carbocycles. The molecule has 0 atom stereocenters. The molecular weight excluding hydrogens is 285 g/mol. The molecular formula is C14H15F3N2O2. The molecule has 1 fully saturated rings. The second-order valence-corrected chi connectivity index (χ2v) is 4.96. The highest BCUT2D eigenvalue weighted by molar-refractivity contribution is 5.98. The van der Waals surface area contributed by atoms with E-state index in [1.165, 1.54) is 18.2 Å². The molecule has 4 nitrogen and oxygen atoms in total. The van der Waals surface area contributed by atoms with Crippen LogP contribution >= 0.6 is 0 Å². The number of nitrogens with zero attached hydrogens (tertiary/aromatic N) is 1. The second-order valence-electron chi connectivity index (χ2n) is 4.96. The number of halogens is 3. The summed E-state index contributed by atoms with van der Waals surface area (Å²) in [6, 6.07) is 4.82. The fourth-order valence-electron chi connectivity index (χ4n) is 1.96. The molecule has 1 aromatic rings. The number of carbonyl (C=O) groups is 2. The number of alkyl halides is 3. The van der Waals surface area contributed by atoms with Crippen LogP contribution in [0.1, 0.15) is 25.3 Å². The zero-order chi connectivity index (χ0) is 15.6. The maximum absolute atomic E-state index is 13.0. The Morgan fingerprint density at radius 3 is 2.43 bits per heavy atom. The number of anilines is 1. The quantitative estimate of drug-likeness (QED) is 0.928. The van der Waals surface area contributed by atoms with Crippen LogP contribution in [0.15, 0.2) is 24.3 Å². The van der Waals surface area contributed by atoms with E-state index in [1.54, 1.807) is 0 Å². The molecule has 1 aliphatic carbocycles. The Kier molecular flexibility index (Phi) is 4.20. The van der Waals surface area contributed by atoms with E-state index in [0.717, 1.165) is 30.7 Å². The van der Waals surface area contributed by atoms with Gasteiger partial charge in [0.05, 0.1) is 11.3 Å². The van der Waals surface area contributed by atoms with Crippen LogP contribution in [-0.2, 0) is 15.8 Å². The van der Waals surface area contributed by atoms with Crippen molar-refractivity contribution >= 4 is 17.5 Å². The summed E-state index contributed by atoms with van der Waals surface area (Å²) in [7, 11) is 0. The van der Waals surface area contributed by atoms with Gasteiger partial charge in [0.25, 0.3) is 0 Å². The maximum Gasteiger partial charge on any atom is 0.418 e. The maximum atomic E-state index is 13.0. The van der Waals surface area contributed by atoms with Gasteiger partial charge in [0.2, 0.25) is 11.8 Å². The Bertz CT molecular complexity index is 553. The molecule has 0 spiro atoms. The van der Waals surface area contributed by atoms with Crippen LogP contribution in [0.2, 0.25) is 0 Å².